The maximum absolute atomic E-state index is 12.8. The zero-order chi connectivity index (χ0) is 14.7. The Morgan fingerprint density at radius 1 is 1.10 bits per heavy atom. The molecule has 0 bridgehead atoms. The Labute approximate surface area is 125 Å². The van der Waals surface area contributed by atoms with Crippen molar-refractivity contribution in [1.29, 1.82) is 0 Å². The van der Waals surface area contributed by atoms with E-state index in [1.807, 2.05) is 12.1 Å². The van der Waals surface area contributed by atoms with Gasteiger partial charge in [0.1, 0.15) is 5.01 Å². The molecule has 0 aliphatic heterocycles. The lowest BCUT2D eigenvalue weighted by Gasteiger charge is -2.07. The summed E-state index contributed by atoms with van der Waals surface area (Å²) in [6.45, 7) is 0. The van der Waals surface area contributed by atoms with E-state index in [-0.39, 0.29) is 0 Å². The Morgan fingerprint density at radius 3 is 2.62 bits per heavy atom. The lowest BCUT2D eigenvalue weighted by atomic mass is 10.1. The predicted octanol–water partition coefficient (Wildman–Crippen LogP) is 3.02. The van der Waals surface area contributed by atoms with Crippen LogP contribution in [0.25, 0.3) is 10.6 Å². The highest BCUT2D eigenvalue weighted by Crippen LogP contribution is 2.29. The van der Waals surface area contributed by atoms with Gasteiger partial charge in [-0.3, -0.25) is 4.98 Å². The molecule has 1 atom stereocenters. The SMILES string of the molecule is OC(Cc1ccncc1)c1cnc(-c2ccc(F)nc2)s1. The van der Waals surface area contributed by atoms with E-state index < -0.39 is 12.1 Å². The van der Waals surface area contributed by atoms with Gasteiger partial charge in [0.2, 0.25) is 5.95 Å². The average Bonchev–Trinajstić information content (AvgIpc) is 2.99. The van der Waals surface area contributed by atoms with Crippen LogP contribution in [0.15, 0.2) is 49.1 Å². The number of nitrogens with zero attached hydrogens (tertiary/aromatic N) is 3. The molecule has 0 aromatic carbocycles. The molecule has 0 aliphatic rings. The van der Waals surface area contributed by atoms with Crippen LogP contribution in [-0.2, 0) is 6.42 Å². The van der Waals surface area contributed by atoms with E-state index in [0.717, 1.165) is 16.0 Å². The summed E-state index contributed by atoms with van der Waals surface area (Å²) in [5.41, 5.74) is 1.75. The molecule has 106 valence electrons. The topological polar surface area (TPSA) is 58.9 Å². The minimum absolute atomic E-state index is 0.506. The summed E-state index contributed by atoms with van der Waals surface area (Å²) in [5.74, 6) is -0.520. The number of pyridine rings is 2. The number of aliphatic hydroxyl groups excluding tert-OH is 1. The molecule has 0 saturated heterocycles. The zero-order valence-corrected chi connectivity index (χ0v) is 11.8. The molecular formula is C15H12FN3OS. The Morgan fingerprint density at radius 2 is 1.90 bits per heavy atom. The van der Waals surface area contributed by atoms with Gasteiger partial charge in [-0.2, -0.15) is 4.39 Å². The normalized spacial score (nSPS) is 12.3. The molecule has 3 rings (SSSR count). The van der Waals surface area contributed by atoms with E-state index in [4.69, 9.17) is 0 Å². The molecule has 1 unspecified atom stereocenters. The number of thiazole rings is 1. The van der Waals surface area contributed by atoms with E-state index >= 15 is 0 Å². The molecule has 4 nitrogen and oxygen atoms in total. The highest BCUT2D eigenvalue weighted by atomic mass is 32.1. The monoisotopic (exact) mass is 301 g/mol. The summed E-state index contributed by atoms with van der Waals surface area (Å²) >= 11 is 1.38. The average molecular weight is 301 g/mol. The maximum atomic E-state index is 12.8. The van der Waals surface area contributed by atoms with E-state index in [2.05, 4.69) is 15.0 Å². The largest absolute Gasteiger partial charge is 0.387 e. The van der Waals surface area contributed by atoms with Crippen molar-refractivity contribution in [2.24, 2.45) is 0 Å². The lowest BCUT2D eigenvalue weighted by molar-refractivity contribution is 0.182. The molecule has 0 amide bonds. The number of aliphatic hydroxyl groups is 1. The fraction of sp³-hybridized carbons (Fsp3) is 0.133. The van der Waals surface area contributed by atoms with E-state index in [9.17, 15) is 9.50 Å². The van der Waals surface area contributed by atoms with Gasteiger partial charge >= 0.3 is 0 Å². The molecule has 0 radical (unpaired) electrons. The van der Waals surface area contributed by atoms with Crippen molar-refractivity contribution in [3.63, 3.8) is 0 Å². The number of hydrogen-bond donors (Lipinski definition) is 1. The fourth-order valence-electron chi connectivity index (χ4n) is 1.92. The van der Waals surface area contributed by atoms with Gasteiger partial charge < -0.3 is 5.11 Å². The van der Waals surface area contributed by atoms with Crippen LogP contribution in [-0.4, -0.2) is 20.1 Å². The number of halogens is 1. The second-order valence-corrected chi connectivity index (χ2v) is 5.57. The van der Waals surface area contributed by atoms with Gasteiger partial charge in [-0.15, -0.1) is 11.3 Å². The fourth-order valence-corrected chi connectivity index (χ4v) is 2.81. The van der Waals surface area contributed by atoms with Crippen LogP contribution >= 0.6 is 11.3 Å². The summed E-state index contributed by atoms with van der Waals surface area (Å²) < 4.78 is 12.8. The molecule has 1 N–H and O–H groups in total. The number of aromatic nitrogens is 3. The smallest absolute Gasteiger partial charge is 0.212 e. The predicted molar refractivity (Wildman–Crippen MR) is 78.2 cm³/mol. The summed E-state index contributed by atoms with van der Waals surface area (Å²) in [5, 5.41) is 11.0. The standard InChI is InChI=1S/C15H12FN3OS/c16-14-2-1-11(8-18-14)15-19-9-13(21-15)12(20)7-10-3-5-17-6-4-10/h1-6,8-9,12,20H,7H2. The summed E-state index contributed by atoms with van der Waals surface area (Å²) in [4.78, 5) is 12.6. The van der Waals surface area contributed by atoms with Gasteiger partial charge in [0.05, 0.1) is 11.0 Å². The van der Waals surface area contributed by atoms with Crippen LogP contribution < -0.4 is 0 Å². The van der Waals surface area contributed by atoms with E-state index in [0.29, 0.717) is 11.4 Å². The third kappa shape index (κ3) is 3.29. The first kappa shape index (κ1) is 13.8. The maximum Gasteiger partial charge on any atom is 0.212 e. The summed E-state index contributed by atoms with van der Waals surface area (Å²) in [7, 11) is 0. The highest BCUT2D eigenvalue weighted by molar-refractivity contribution is 7.15. The Balaban J connectivity index is 1.76. The van der Waals surface area contributed by atoms with Crippen LogP contribution in [0.4, 0.5) is 4.39 Å². The van der Waals surface area contributed by atoms with Crippen molar-refractivity contribution >= 4 is 11.3 Å². The molecule has 3 aromatic heterocycles. The van der Waals surface area contributed by atoms with Crippen LogP contribution in [0, 0.1) is 5.95 Å². The van der Waals surface area contributed by atoms with Crippen molar-refractivity contribution in [3.8, 4) is 10.6 Å². The third-order valence-corrected chi connectivity index (χ3v) is 4.15. The van der Waals surface area contributed by atoms with Crippen LogP contribution in [0.2, 0.25) is 0 Å². The minimum atomic E-state index is -0.618. The molecule has 3 aromatic rings. The first-order chi connectivity index (χ1) is 10.2. The quantitative estimate of drug-likeness (QED) is 0.753. The van der Waals surface area contributed by atoms with Crippen molar-refractivity contribution in [3.05, 3.63) is 65.4 Å². The van der Waals surface area contributed by atoms with Crippen LogP contribution in [0.5, 0.6) is 0 Å². The van der Waals surface area contributed by atoms with E-state index in [1.54, 1.807) is 24.7 Å². The Kier molecular flexibility index (Phi) is 3.98. The third-order valence-electron chi connectivity index (χ3n) is 3.00. The van der Waals surface area contributed by atoms with Gasteiger partial charge in [-0.25, -0.2) is 9.97 Å². The van der Waals surface area contributed by atoms with Gasteiger partial charge in [-0.1, -0.05) is 0 Å². The molecule has 0 saturated carbocycles. The van der Waals surface area contributed by atoms with Crippen molar-refractivity contribution in [2.45, 2.75) is 12.5 Å². The van der Waals surface area contributed by atoms with Gasteiger partial charge in [0.25, 0.3) is 0 Å². The Hall–Kier alpha value is -2.18. The molecule has 6 heteroatoms. The van der Waals surface area contributed by atoms with Crippen LogP contribution in [0.3, 0.4) is 0 Å². The van der Waals surface area contributed by atoms with Crippen molar-refractivity contribution in [1.82, 2.24) is 15.0 Å². The summed E-state index contributed by atoms with van der Waals surface area (Å²) in [6.07, 6.45) is 6.37. The number of rotatable bonds is 4. The minimum Gasteiger partial charge on any atom is -0.387 e. The zero-order valence-electron chi connectivity index (χ0n) is 11.0. The second kappa shape index (κ2) is 6.07. The van der Waals surface area contributed by atoms with Crippen molar-refractivity contribution < 1.29 is 9.50 Å². The van der Waals surface area contributed by atoms with Crippen molar-refractivity contribution in [2.75, 3.05) is 0 Å². The second-order valence-electron chi connectivity index (χ2n) is 4.51. The molecule has 0 spiro atoms. The van der Waals surface area contributed by atoms with Gasteiger partial charge in [0.15, 0.2) is 0 Å². The van der Waals surface area contributed by atoms with Gasteiger partial charge in [-0.05, 0) is 29.8 Å². The summed E-state index contributed by atoms with van der Waals surface area (Å²) in [6, 6.07) is 6.66. The lowest BCUT2D eigenvalue weighted by Crippen LogP contribution is -1.99. The molecule has 0 fully saturated rings. The molecule has 21 heavy (non-hydrogen) atoms. The van der Waals surface area contributed by atoms with E-state index in [1.165, 1.54) is 23.6 Å². The highest BCUT2D eigenvalue weighted by Gasteiger charge is 2.13. The van der Waals surface area contributed by atoms with Crippen LogP contribution in [0.1, 0.15) is 16.5 Å². The first-order valence-corrected chi connectivity index (χ1v) is 7.18. The molecular weight excluding hydrogens is 289 g/mol. The Bertz CT molecular complexity index is 715. The molecule has 0 aliphatic carbocycles. The number of hydrogen-bond acceptors (Lipinski definition) is 5. The van der Waals surface area contributed by atoms with Gasteiger partial charge in [0, 0.05) is 36.8 Å². The molecule has 3 heterocycles. The first-order valence-electron chi connectivity index (χ1n) is 6.37.